The van der Waals surface area contributed by atoms with Crippen molar-refractivity contribution in [2.75, 3.05) is 0 Å². The minimum Gasteiger partial charge on any atom is -0.352 e. The first kappa shape index (κ1) is 14.2. The van der Waals surface area contributed by atoms with Crippen LogP contribution in [0.15, 0.2) is 30.3 Å². The molecule has 4 heteroatoms. The standard InChI is InChI=1S/C14H19N3O/c1-2-12(8-9-15)17-14(18)10-13(16)11-6-4-3-5-7-11/h3-7,12-13H,2,8,10,16H2,1H3,(H,17,18). The number of carbonyl (C=O) groups excluding carboxylic acids is 1. The van der Waals surface area contributed by atoms with Crippen LogP contribution in [0.5, 0.6) is 0 Å². The lowest BCUT2D eigenvalue weighted by molar-refractivity contribution is -0.122. The Kier molecular flexibility index (Phi) is 5.89. The zero-order chi connectivity index (χ0) is 13.4. The zero-order valence-corrected chi connectivity index (χ0v) is 10.6. The van der Waals surface area contributed by atoms with Gasteiger partial charge in [0.1, 0.15) is 0 Å². The van der Waals surface area contributed by atoms with Crippen molar-refractivity contribution in [3.63, 3.8) is 0 Å². The number of carbonyl (C=O) groups is 1. The Morgan fingerprint density at radius 1 is 1.44 bits per heavy atom. The Morgan fingerprint density at radius 2 is 2.11 bits per heavy atom. The predicted molar refractivity (Wildman–Crippen MR) is 70.4 cm³/mol. The Morgan fingerprint density at radius 3 is 2.67 bits per heavy atom. The molecule has 0 aliphatic heterocycles. The zero-order valence-electron chi connectivity index (χ0n) is 10.6. The molecule has 2 unspecified atom stereocenters. The average Bonchev–Trinajstić information content (AvgIpc) is 2.39. The topological polar surface area (TPSA) is 78.9 Å². The van der Waals surface area contributed by atoms with Crippen LogP contribution in [0, 0.1) is 11.3 Å². The molecule has 0 saturated heterocycles. The summed E-state index contributed by atoms with van der Waals surface area (Å²) in [6.07, 6.45) is 1.33. The molecule has 0 aliphatic carbocycles. The number of amides is 1. The van der Waals surface area contributed by atoms with Gasteiger partial charge in [-0.05, 0) is 12.0 Å². The number of hydrogen-bond acceptors (Lipinski definition) is 3. The second-order valence-electron chi connectivity index (χ2n) is 4.26. The minimum absolute atomic E-state index is 0.0783. The first-order valence-electron chi connectivity index (χ1n) is 6.14. The number of nitrogens with zero attached hydrogens (tertiary/aromatic N) is 1. The minimum atomic E-state index is -0.300. The third-order valence-electron chi connectivity index (χ3n) is 2.83. The third-order valence-corrected chi connectivity index (χ3v) is 2.83. The Bertz CT molecular complexity index is 411. The van der Waals surface area contributed by atoms with Gasteiger partial charge in [-0.3, -0.25) is 4.79 Å². The van der Waals surface area contributed by atoms with Crippen LogP contribution in [0.4, 0.5) is 0 Å². The summed E-state index contributed by atoms with van der Waals surface area (Å²) in [6.45, 7) is 1.94. The van der Waals surface area contributed by atoms with E-state index in [0.717, 1.165) is 12.0 Å². The summed E-state index contributed by atoms with van der Waals surface area (Å²) in [5.41, 5.74) is 6.91. The SMILES string of the molecule is CCC(CC#N)NC(=O)CC(N)c1ccccc1. The molecule has 0 bridgehead atoms. The summed E-state index contributed by atoms with van der Waals surface area (Å²) >= 11 is 0. The average molecular weight is 245 g/mol. The highest BCUT2D eigenvalue weighted by Gasteiger charge is 2.14. The normalized spacial score (nSPS) is 13.4. The van der Waals surface area contributed by atoms with Crippen molar-refractivity contribution < 1.29 is 4.79 Å². The van der Waals surface area contributed by atoms with Crippen molar-refractivity contribution in [2.45, 2.75) is 38.3 Å². The van der Waals surface area contributed by atoms with E-state index in [1.807, 2.05) is 37.3 Å². The largest absolute Gasteiger partial charge is 0.352 e. The summed E-state index contributed by atoms with van der Waals surface area (Å²) in [7, 11) is 0. The van der Waals surface area contributed by atoms with Crippen LogP contribution in [0.2, 0.25) is 0 Å². The molecule has 1 amide bonds. The van der Waals surface area contributed by atoms with Crippen LogP contribution in [0.25, 0.3) is 0 Å². The van der Waals surface area contributed by atoms with Gasteiger partial charge in [0.25, 0.3) is 0 Å². The monoisotopic (exact) mass is 245 g/mol. The molecule has 0 saturated carbocycles. The molecule has 0 aromatic heterocycles. The van der Waals surface area contributed by atoms with Gasteiger partial charge in [-0.15, -0.1) is 0 Å². The van der Waals surface area contributed by atoms with E-state index in [2.05, 4.69) is 11.4 Å². The molecule has 1 aromatic rings. The lowest BCUT2D eigenvalue weighted by Gasteiger charge is -2.16. The smallest absolute Gasteiger partial charge is 0.222 e. The van der Waals surface area contributed by atoms with Gasteiger partial charge >= 0.3 is 0 Å². The van der Waals surface area contributed by atoms with E-state index in [0.29, 0.717) is 6.42 Å². The van der Waals surface area contributed by atoms with Gasteiger partial charge in [0.2, 0.25) is 5.91 Å². The van der Waals surface area contributed by atoms with E-state index >= 15 is 0 Å². The number of hydrogen-bond donors (Lipinski definition) is 2. The molecule has 1 aromatic carbocycles. The highest BCUT2D eigenvalue weighted by atomic mass is 16.1. The number of rotatable bonds is 6. The number of nitriles is 1. The summed E-state index contributed by atoms with van der Waals surface area (Å²) in [5.74, 6) is -0.103. The molecule has 1 rings (SSSR count). The van der Waals surface area contributed by atoms with Crippen molar-refractivity contribution >= 4 is 5.91 Å². The van der Waals surface area contributed by atoms with Crippen LogP contribution in [0.1, 0.15) is 37.8 Å². The molecule has 4 nitrogen and oxygen atoms in total. The molecular formula is C14H19N3O. The lowest BCUT2D eigenvalue weighted by Crippen LogP contribution is -2.35. The van der Waals surface area contributed by atoms with Crippen molar-refractivity contribution in [2.24, 2.45) is 5.73 Å². The van der Waals surface area contributed by atoms with Gasteiger partial charge < -0.3 is 11.1 Å². The van der Waals surface area contributed by atoms with Crippen LogP contribution >= 0.6 is 0 Å². The summed E-state index contributed by atoms with van der Waals surface area (Å²) in [4.78, 5) is 11.8. The van der Waals surface area contributed by atoms with E-state index in [9.17, 15) is 4.79 Å². The first-order valence-corrected chi connectivity index (χ1v) is 6.14. The molecular weight excluding hydrogens is 226 g/mol. The molecule has 18 heavy (non-hydrogen) atoms. The van der Waals surface area contributed by atoms with Crippen molar-refractivity contribution in [3.8, 4) is 6.07 Å². The quantitative estimate of drug-likeness (QED) is 0.803. The number of nitrogens with one attached hydrogen (secondary N) is 1. The Hall–Kier alpha value is -1.86. The maximum Gasteiger partial charge on any atom is 0.222 e. The molecule has 0 heterocycles. The lowest BCUT2D eigenvalue weighted by atomic mass is 10.0. The molecule has 0 spiro atoms. The van der Waals surface area contributed by atoms with Crippen LogP contribution < -0.4 is 11.1 Å². The van der Waals surface area contributed by atoms with E-state index in [1.165, 1.54) is 0 Å². The van der Waals surface area contributed by atoms with Gasteiger partial charge in [-0.25, -0.2) is 0 Å². The fourth-order valence-electron chi connectivity index (χ4n) is 1.71. The van der Waals surface area contributed by atoms with Gasteiger partial charge in [0.05, 0.1) is 12.5 Å². The second-order valence-corrected chi connectivity index (χ2v) is 4.26. The maximum atomic E-state index is 11.8. The molecule has 0 radical (unpaired) electrons. The van der Waals surface area contributed by atoms with E-state index in [1.54, 1.807) is 0 Å². The Balaban J connectivity index is 2.47. The van der Waals surface area contributed by atoms with Crippen LogP contribution in [-0.4, -0.2) is 11.9 Å². The summed E-state index contributed by atoms with van der Waals surface area (Å²) < 4.78 is 0. The summed E-state index contributed by atoms with van der Waals surface area (Å²) in [5, 5.41) is 11.4. The maximum absolute atomic E-state index is 11.8. The molecule has 0 fully saturated rings. The van der Waals surface area contributed by atoms with E-state index in [4.69, 9.17) is 11.0 Å². The van der Waals surface area contributed by atoms with Gasteiger partial charge in [-0.2, -0.15) is 5.26 Å². The van der Waals surface area contributed by atoms with Gasteiger partial charge in [0, 0.05) is 18.5 Å². The van der Waals surface area contributed by atoms with Crippen molar-refractivity contribution in [3.05, 3.63) is 35.9 Å². The molecule has 3 N–H and O–H groups in total. The molecule has 96 valence electrons. The fourth-order valence-corrected chi connectivity index (χ4v) is 1.71. The first-order chi connectivity index (χ1) is 8.67. The Labute approximate surface area is 108 Å². The molecule has 0 aliphatic rings. The van der Waals surface area contributed by atoms with E-state index < -0.39 is 0 Å². The van der Waals surface area contributed by atoms with Crippen molar-refractivity contribution in [1.82, 2.24) is 5.32 Å². The highest BCUT2D eigenvalue weighted by molar-refractivity contribution is 5.77. The second kappa shape index (κ2) is 7.46. The van der Waals surface area contributed by atoms with Gasteiger partial charge in [-0.1, -0.05) is 37.3 Å². The van der Waals surface area contributed by atoms with Crippen LogP contribution in [0.3, 0.4) is 0 Å². The predicted octanol–water partition coefficient (Wildman–Crippen LogP) is 1.88. The summed E-state index contributed by atoms with van der Waals surface area (Å²) in [6, 6.07) is 11.2. The molecule has 2 atom stereocenters. The third kappa shape index (κ3) is 4.56. The fraction of sp³-hybridized carbons (Fsp3) is 0.429. The van der Waals surface area contributed by atoms with E-state index in [-0.39, 0.29) is 24.4 Å². The van der Waals surface area contributed by atoms with Gasteiger partial charge in [0.15, 0.2) is 0 Å². The highest BCUT2D eigenvalue weighted by Crippen LogP contribution is 2.13. The number of nitrogens with two attached hydrogens (primary N) is 1. The van der Waals surface area contributed by atoms with Crippen LogP contribution in [-0.2, 0) is 4.79 Å². The number of benzene rings is 1. The van der Waals surface area contributed by atoms with Crippen molar-refractivity contribution in [1.29, 1.82) is 5.26 Å².